The molecule has 0 aromatic rings. The van der Waals surface area contributed by atoms with Crippen LogP contribution in [-0.4, -0.2) is 25.4 Å². The van der Waals surface area contributed by atoms with Gasteiger partial charge in [-0.1, -0.05) is 38.5 Å². The predicted molar refractivity (Wildman–Crippen MR) is 59.3 cm³/mol. The van der Waals surface area contributed by atoms with E-state index in [1.54, 1.807) is 0 Å². The summed E-state index contributed by atoms with van der Waals surface area (Å²) in [4.78, 5) is 0. The van der Waals surface area contributed by atoms with Gasteiger partial charge in [0.05, 0.1) is 12.4 Å². The lowest BCUT2D eigenvalue weighted by Crippen LogP contribution is -2.03. The second kappa shape index (κ2) is 9.09. The Balaban J connectivity index is 3.06. The molecule has 0 amide bonds. The standard InChI is InChI=1S/C10H21FO3S/c11-9-7-5-3-1-2-4-6-8-10-15(12,13)14/h1-10H2,(H,12,13,14). The number of hydrogen-bond acceptors (Lipinski definition) is 2. The lowest BCUT2D eigenvalue weighted by Gasteiger charge is -2.00. The molecular weight excluding hydrogens is 219 g/mol. The van der Waals surface area contributed by atoms with E-state index in [2.05, 4.69) is 0 Å². The molecule has 0 fully saturated rings. The van der Waals surface area contributed by atoms with Crippen molar-refractivity contribution in [3.05, 3.63) is 0 Å². The van der Waals surface area contributed by atoms with Crippen LogP contribution < -0.4 is 0 Å². The third kappa shape index (κ3) is 13.8. The number of unbranched alkanes of at least 4 members (excludes halogenated alkanes) is 7. The normalized spacial score (nSPS) is 11.9. The van der Waals surface area contributed by atoms with Gasteiger partial charge in [0.2, 0.25) is 0 Å². The summed E-state index contributed by atoms with van der Waals surface area (Å²) in [6, 6.07) is 0. The molecule has 0 aliphatic heterocycles. The highest BCUT2D eigenvalue weighted by Gasteiger charge is 2.02. The fourth-order valence-corrected chi connectivity index (χ4v) is 2.01. The highest BCUT2D eigenvalue weighted by atomic mass is 32.2. The first kappa shape index (κ1) is 14.8. The van der Waals surface area contributed by atoms with E-state index in [0.717, 1.165) is 38.5 Å². The van der Waals surface area contributed by atoms with Crippen LogP contribution in [-0.2, 0) is 10.1 Å². The number of hydrogen-bond donors (Lipinski definition) is 1. The SMILES string of the molecule is O=S(=O)(O)CCCCCCCCCCF. The molecule has 0 unspecified atom stereocenters. The average Bonchev–Trinajstić information content (AvgIpc) is 2.14. The van der Waals surface area contributed by atoms with E-state index in [1.165, 1.54) is 0 Å². The molecule has 0 aromatic carbocycles. The summed E-state index contributed by atoms with van der Waals surface area (Å²) < 4.78 is 40.9. The molecule has 0 saturated carbocycles. The minimum absolute atomic E-state index is 0.130. The molecular formula is C10H21FO3S. The van der Waals surface area contributed by atoms with Crippen molar-refractivity contribution in [1.29, 1.82) is 0 Å². The van der Waals surface area contributed by atoms with Crippen LogP contribution in [0.15, 0.2) is 0 Å². The molecule has 0 aliphatic rings. The molecule has 0 radical (unpaired) electrons. The molecule has 3 nitrogen and oxygen atoms in total. The summed E-state index contributed by atoms with van der Waals surface area (Å²) in [6.45, 7) is -0.228. The van der Waals surface area contributed by atoms with Crippen LogP contribution in [0.2, 0.25) is 0 Å². The third-order valence-corrected chi connectivity index (χ3v) is 3.09. The second-order valence-corrected chi connectivity index (χ2v) is 5.38. The fraction of sp³-hybridized carbons (Fsp3) is 1.00. The Kier molecular flexibility index (Phi) is 9.00. The Morgan fingerprint density at radius 1 is 0.800 bits per heavy atom. The molecule has 0 atom stereocenters. The van der Waals surface area contributed by atoms with Gasteiger partial charge in [0.15, 0.2) is 0 Å². The van der Waals surface area contributed by atoms with Crippen LogP contribution >= 0.6 is 0 Å². The lowest BCUT2D eigenvalue weighted by molar-refractivity contribution is 0.449. The first-order valence-electron chi connectivity index (χ1n) is 5.57. The maximum atomic E-state index is 11.7. The maximum absolute atomic E-state index is 11.7. The smallest absolute Gasteiger partial charge is 0.264 e. The second-order valence-electron chi connectivity index (χ2n) is 3.80. The van der Waals surface area contributed by atoms with E-state index in [0.29, 0.717) is 12.8 Å². The molecule has 0 aromatic heterocycles. The Hall–Kier alpha value is -0.160. The predicted octanol–water partition coefficient (Wildman–Crippen LogP) is 2.96. The number of rotatable bonds is 10. The van der Waals surface area contributed by atoms with Gasteiger partial charge in [0.1, 0.15) is 0 Å². The van der Waals surface area contributed by atoms with Crippen molar-refractivity contribution in [3.8, 4) is 0 Å². The molecule has 0 aliphatic carbocycles. The Morgan fingerprint density at radius 2 is 1.20 bits per heavy atom. The molecule has 0 bridgehead atoms. The van der Waals surface area contributed by atoms with E-state index < -0.39 is 10.1 Å². The fourth-order valence-electron chi connectivity index (χ4n) is 1.44. The van der Waals surface area contributed by atoms with Gasteiger partial charge in [-0.05, 0) is 12.8 Å². The van der Waals surface area contributed by atoms with Gasteiger partial charge >= 0.3 is 0 Å². The topological polar surface area (TPSA) is 54.4 Å². The highest BCUT2D eigenvalue weighted by molar-refractivity contribution is 7.85. The molecule has 0 heterocycles. The van der Waals surface area contributed by atoms with Crippen molar-refractivity contribution in [2.45, 2.75) is 51.4 Å². The van der Waals surface area contributed by atoms with Crippen LogP contribution in [0.25, 0.3) is 0 Å². The van der Waals surface area contributed by atoms with Gasteiger partial charge in [-0.25, -0.2) is 0 Å². The molecule has 0 rings (SSSR count). The van der Waals surface area contributed by atoms with Crippen LogP contribution in [0.3, 0.4) is 0 Å². The van der Waals surface area contributed by atoms with Gasteiger partial charge < -0.3 is 0 Å². The quantitative estimate of drug-likeness (QED) is 0.472. The van der Waals surface area contributed by atoms with Crippen LogP contribution in [0.5, 0.6) is 0 Å². The van der Waals surface area contributed by atoms with Crippen LogP contribution in [0, 0.1) is 0 Å². The van der Waals surface area contributed by atoms with E-state index in [1.807, 2.05) is 0 Å². The highest BCUT2D eigenvalue weighted by Crippen LogP contribution is 2.09. The van der Waals surface area contributed by atoms with Crippen LogP contribution in [0.1, 0.15) is 51.4 Å². The zero-order valence-corrected chi connectivity index (χ0v) is 9.94. The zero-order chi connectivity index (χ0) is 11.6. The molecule has 0 spiro atoms. The lowest BCUT2D eigenvalue weighted by atomic mass is 10.1. The van der Waals surface area contributed by atoms with Crippen molar-refractivity contribution in [2.75, 3.05) is 12.4 Å². The van der Waals surface area contributed by atoms with Gasteiger partial charge in [-0.2, -0.15) is 8.42 Å². The summed E-state index contributed by atoms with van der Waals surface area (Å²) in [7, 11) is -3.77. The zero-order valence-electron chi connectivity index (χ0n) is 9.12. The summed E-state index contributed by atoms with van der Waals surface area (Å²) in [6.07, 6.45) is 7.17. The summed E-state index contributed by atoms with van der Waals surface area (Å²) >= 11 is 0. The van der Waals surface area contributed by atoms with Crippen molar-refractivity contribution in [2.24, 2.45) is 0 Å². The van der Waals surface area contributed by atoms with E-state index in [9.17, 15) is 12.8 Å². The largest absolute Gasteiger partial charge is 0.286 e. The summed E-state index contributed by atoms with van der Waals surface area (Å²) in [5.41, 5.74) is 0. The summed E-state index contributed by atoms with van der Waals surface area (Å²) in [5.74, 6) is -0.130. The molecule has 92 valence electrons. The van der Waals surface area contributed by atoms with Gasteiger partial charge in [-0.15, -0.1) is 0 Å². The Morgan fingerprint density at radius 3 is 1.60 bits per heavy atom. The van der Waals surface area contributed by atoms with Crippen molar-refractivity contribution in [3.63, 3.8) is 0 Å². The monoisotopic (exact) mass is 240 g/mol. The maximum Gasteiger partial charge on any atom is 0.264 e. The minimum Gasteiger partial charge on any atom is -0.286 e. The van der Waals surface area contributed by atoms with Gasteiger partial charge in [0, 0.05) is 0 Å². The molecule has 5 heteroatoms. The molecule has 1 N–H and O–H groups in total. The molecule has 15 heavy (non-hydrogen) atoms. The van der Waals surface area contributed by atoms with Gasteiger partial charge in [-0.3, -0.25) is 8.94 Å². The van der Waals surface area contributed by atoms with E-state index >= 15 is 0 Å². The Labute approximate surface area is 91.8 Å². The summed E-state index contributed by atoms with van der Waals surface area (Å²) in [5, 5.41) is 0. The van der Waals surface area contributed by atoms with E-state index in [4.69, 9.17) is 4.55 Å². The van der Waals surface area contributed by atoms with Gasteiger partial charge in [0.25, 0.3) is 10.1 Å². The number of alkyl halides is 1. The Bertz CT molecular complexity index is 227. The van der Waals surface area contributed by atoms with Crippen molar-refractivity contribution >= 4 is 10.1 Å². The van der Waals surface area contributed by atoms with Crippen molar-refractivity contribution < 1.29 is 17.4 Å². The number of halogens is 1. The first-order valence-corrected chi connectivity index (χ1v) is 7.18. The minimum atomic E-state index is -3.77. The van der Waals surface area contributed by atoms with Crippen molar-refractivity contribution in [1.82, 2.24) is 0 Å². The molecule has 0 saturated heterocycles. The van der Waals surface area contributed by atoms with Crippen LogP contribution in [0.4, 0.5) is 4.39 Å². The first-order chi connectivity index (χ1) is 7.06. The average molecular weight is 240 g/mol. The van der Waals surface area contributed by atoms with E-state index in [-0.39, 0.29) is 12.4 Å². The third-order valence-electron chi connectivity index (χ3n) is 2.29.